The molecule has 0 bridgehead atoms. The van der Waals surface area contributed by atoms with Gasteiger partial charge in [-0.25, -0.2) is 0 Å². The van der Waals surface area contributed by atoms with E-state index in [-0.39, 0.29) is 5.92 Å². The average molecular weight is 402 g/mol. The minimum absolute atomic E-state index is 0.120. The molecule has 2 atom stereocenters. The lowest BCUT2D eigenvalue weighted by atomic mass is 9.94. The minimum atomic E-state index is -0.120. The summed E-state index contributed by atoms with van der Waals surface area (Å²) >= 11 is 0. The zero-order valence-electron chi connectivity index (χ0n) is 18.6. The Bertz CT molecular complexity index is 848. The fraction of sp³-hybridized carbons (Fsp3) is 0.357. The molecule has 0 aliphatic heterocycles. The Balaban J connectivity index is 1.84. The first-order valence-electron chi connectivity index (χ1n) is 11.0. The van der Waals surface area contributed by atoms with Crippen molar-refractivity contribution < 1.29 is 4.79 Å². The second-order valence-corrected chi connectivity index (χ2v) is 7.81. The summed E-state index contributed by atoms with van der Waals surface area (Å²) in [4.78, 5) is 11.6. The van der Waals surface area contributed by atoms with Crippen molar-refractivity contribution in [1.29, 1.82) is 0 Å². The van der Waals surface area contributed by atoms with E-state index in [1.54, 1.807) is 0 Å². The van der Waals surface area contributed by atoms with Crippen LogP contribution in [0.3, 0.4) is 0 Å². The summed E-state index contributed by atoms with van der Waals surface area (Å²) in [5.41, 5.74) is 7.99. The molecule has 30 heavy (non-hydrogen) atoms. The van der Waals surface area contributed by atoms with Crippen LogP contribution in [0.4, 0.5) is 0 Å². The normalized spacial score (nSPS) is 16.2. The second-order valence-electron chi connectivity index (χ2n) is 7.81. The summed E-state index contributed by atoms with van der Waals surface area (Å²) in [6.07, 6.45) is 20.6. The van der Waals surface area contributed by atoms with Crippen LogP contribution in [-0.4, -0.2) is 19.4 Å². The van der Waals surface area contributed by atoms with Crippen LogP contribution in [0.1, 0.15) is 45.1 Å². The third kappa shape index (κ3) is 8.37. The number of carbonyl (C=O) groups is 1. The number of allylic oxidation sites excluding steroid dienone is 8. The highest BCUT2D eigenvalue weighted by molar-refractivity contribution is 5.62. The van der Waals surface area contributed by atoms with Gasteiger partial charge in [0.1, 0.15) is 6.29 Å². The molecule has 0 heterocycles. The molecule has 2 heteroatoms. The van der Waals surface area contributed by atoms with Gasteiger partial charge in [-0.2, -0.15) is 0 Å². The van der Waals surface area contributed by atoms with Crippen LogP contribution < -0.4 is 5.32 Å². The van der Waals surface area contributed by atoms with Gasteiger partial charge < -0.3 is 10.1 Å². The Morgan fingerprint density at radius 2 is 2.00 bits per heavy atom. The van der Waals surface area contributed by atoms with Gasteiger partial charge in [0.05, 0.1) is 0 Å². The largest absolute Gasteiger partial charge is 0.317 e. The van der Waals surface area contributed by atoms with Crippen molar-refractivity contribution in [1.82, 2.24) is 5.32 Å². The molecule has 0 saturated carbocycles. The van der Waals surface area contributed by atoms with E-state index in [0.29, 0.717) is 12.5 Å². The predicted octanol–water partition coefficient (Wildman–Crippen LogP) is 6.29. The van der Waals surface area contributed by atoms with Gasteiger partial charge in [0.25, 0.3) is 0 Å². The third-order valence-corrected chi connectivity index (χ3v) is 5.55. The first kappa shape index (κ1) is 23.6. The lowest BCUT2D eigenvalue weighted by Gasteiger charge is -2.17. The molecule has 0 spiro atoms. The summed E-state index contributed by atoms with van der Waals surface area (Å²) < 4.78 is 0. The molecule has 1 aliphatic carbocycles. The van der Waals surface area contributed by atoms with Gasteiger partial charge in [-0.3, -0.25) is 0 Å². The Kier molecular flexibility index (Phi) is 10.7. The predicted molar refractivity (Wildman–Crippen MR) is 128 cm³/mol. The van der Waals surface area contributed by atoms with Gasteiger partial charge in [-0.05, 0) is 75.8 Å². The molecule has 1 aromatic carbocycles. The van der Waals surface area contributed by atoms with Gasteiger partial charge in [0.15, 0.2) is 0 Å². The summed E-state index contributed by atoms with van der Waals surface area (Å²) in [6.45, 7) is 4.10. The Morgan fingerprint density at radius 3 is 2.70 bits per heavy atom. The molecule has 0 radical (unpaired) electrons. The zero-order valence-corrected chi connectivity index (χ0v) is 18.6. The summed E-state index contributed by atoms with van der Waals surface area (Å²) in [5.74, 6) is -0.120. The summed E-state index contributed by atoms with van der Waals surface area (Å²) in [7, 11) is 2.04. The van der Waals surface area contributed by atoms with Crippen LogP contribution in [0.5, 0.6) is 0 Å². The topological polar surface area (TPSA) is 29.1 Å². The van der Waals surface area contributed by atoms with Crippen LogP contribution in [0.2, 0.25) is 0 Å². The summed E-state index contributed by atoms with van der Waals surface area (Å²) in [6, 6.07) is 11.1. The van der Waals surface area contributed by atoms with E-state index in [0.717, 1.165) is 36.7 Å². The number of aryl methyl sites for hydroxylation is 1. The van der Waals surface area contributed by atoms with Crippen LogP contribution in [0.25, 0.3) is 0 Å². The van der Waals surface area contributed by atoms with E-state index in [9.17, 15) is 4.79 Å². The number of aldehydes is 1. The number of benzene rings is 1. The molecule has 2 rings (SSSR count). The number of hydrogen-bond donors (Lipinski definition) is 1. The molecule has 158 valence electrons. The molecule has 2 nitrogen and oxygen atoms in total. The Morgan fingerprint density at radius 1 is 1.20 bits per heavy atom. The first-order chi connectivity index (χ1) is 14.7. The minimum Gasteiger partial charge on any atom is -0.317 e. The molecule has 1 N–H and O–H groups in total. The van der Waals surface area contributed by atoms with Gasteiger partial charge in [0.2, 0.25) is 0 Å². The van der Waals surface area contributed by atoms with Crippen molar-refractivity contribution in [3.63, 3.8) is 0 Å². The SMILES string of the molecule is C/C=C(\C=C/CC(C=O)C1=CC=C=C(C)C=C1)CC(CCCc1ccccc1)NC. The van der Waals surface area contributed by atoms with Crippen LogP contribution in [0, 0.1) is 5.92 Å². The fourth-order valence-electron chi connectivity index (χ4n) is 3.59. The average Bonchev–Trinajstić information content (AvgIpc) is 3.00. The van der Waals surface area contributed by atoms with Crippen LogP contribution >= 0.6 is 0 Å². The van der Waals surface area contributed by atoms with Crippen molar-refractivity contribution in [2.24, 2.45) is 5.92 Å². The van der Waals surface area contributed by atoms with Gasteiger partial charge >= 0.3 is 0 Å². The van der Waals surface area contributed by atoms with Gasteiger partial charge in [-0.1, -0.05) is 72.4 Å². The maximum absolute atomic E-state index is 11.6. The highest BCUT2D eigenvalue weighted by Gasteiger charge is 2.11. The van der Waals surface area contributed by atoms with Crippen molar-refractivity contribution in [2.75, 3.05) is 7.05 Å². The quantitative estimate of drug-likeness (QED) is 0.253. The molecule has 0 aromatic heterocycles. The zero-order chi connectivity index (χ0) is 21.6. The fourth-order valence-corrected chi connectivity index (χ4v) is 3.59. The molecule has 0 saturated heterocycles. The maximum atomic E-state index is 11.6. The Hall–Kier alpha value is -2.67. The van der Waals surface area contributed by atoms with E-state index in [1.807, 2.05) is 38.3 Å². The number of nitrogens with one attached hydrogen (secondary N) is 1. The highest BCUT2D eigenvalue weighted by Crippen LogP contribution is 2.19. The van der Waals surface area contributed by atoms with Crippen molar-refractivity contribution in [3.8, 4) is 0 Å². The third-order valence-electron chi connectivity index (χ3n) is 5.55. The van der Waals surface area contributed by atoms with Crippen LogP contribution in [-0.2, 0) is 11.2 Å². The van der Waals surface area contributed by atoms with E-state index in [1.165, 1.54) is 17.6 Å². The highest BCUT2D eigenvalue weighted by atomic mass is 16.1. The van der Waals surface area contributed by atoms with Gasteiger partial charge in [-0.15, -0.1) is 5.73 Å². The summed E-state index contributed by atoms with van der Waals surface area (Å²) in [5, 5.41) is 3.46. The molecule has 0 amide bonds. The van der Waals surface area contributed by atoms with E-state index in [2.05, 4.69) is 66.5 Å². The second kappa shape index (κ2) is 13.5. The van der Waals surface area contributed by atoms with Crippen molar-refractivity contribution in [2.45, 2.75) is 52.0 Å². The molecule has 1 aromatic rings. The van der Waals surface area contributed by atoms with E-state index < -0.39 is 0 Å². The number of carbonyl (C=O) groups excluding carboxylic acids is 1. The molecule has 0 fully saturated rings. The molecular formula is C28H35NO. The van der Waals surface area contributed by atoms with Crippen LogP contribution in [0.15, 0.2) is 95.3 Å². The van der Waals surface area contributed by atoms with E-state index in [4.69, 9.17) is 0 Å². The molecule has 2 unspecified atom stereocenters. The monoisotopic (exact) mass is 401 g/mol. The molecular weight excluding hydrogens is 366 g/mol. The smallest absolute Gasteiger partial charge is 0.127 e. The maximum Gasteiger partial charge on any atom is 0.127 e. The van der Waals surface area contributed by atoms with Crippen molar-refractivity contribution in [3.05, 3.63) is 101 Å². The molecule has 1 aliphatic rings. The lowest BCUT2D eigenvalue weighted by molar-refractivity contribution is -0.110. The van der Waals surface area contributed by atoms with E-state index >= 15 is 0 Å². The first-order valence-corrected chi connectivity index (χ1v) is 11.0. The standard InChI is InChI=1S/C28H35NO/c1-4-24(21-28(29-3)18-10-15-25-12-6-5-7-13-25)14-9-17-27(22-30)26-16-8-11-23(2)19-20-26/h4-9,12-14,16,19-20,22,27-29H,10,15,17-18,21H2,1-3H3/b14-9-,24-4+. The van der Waals surface area contributed by atoms with Gasteiger partial charge in [0, 0.05) is 12.0 Å². The number of rotatable bonds is 12. The lowest BCUT2D eigenvalue weighted by Crippen LogP contribution is -2.25. The van der Waals surface area contributed by atoms with Crippen molar-refractivity contribution >= 4 is 6.29 Å². The number of hydrogen-bond acceptors (Lipinski definition) is 2. The Labute approximate surface area is 182 Å².